The summed E-state index contributed by atoms with van der Waals surface area (Å²) in [6.07, 6.45) is 1.64. The molecule has 0 aromatic heterocycles. The standard InChI is InChI=1S/C7H14N2O/c1-5-2-6(4-8)3-7(10)9-5/h5-6H,2-4,8H2,1H3,(H,9,10)/t5-,6+/m1/s1. The van der Waals surface area contributed by atoms with E-state index in [0.717, 1.165) is 6.42 Å². The lowest BCUT2D eigenvalue weighted by molar-refractivity contribution is -0.124. The monoisotopic (exact) mass is 142 g/mol. The molecule has 1 saturated heterocycles. The lowest BCUT2D eigenvalue weighted by Crippen LogP contribution is -2.42. The van der Waals surface area contributed by atoms with Gasteiger partial charge in [0.2, 0.25) is 5.91 Å². The van der Waals surface area contributed by atoms with Crippen LogP contribution in [0.4, 0.5) is 0 Å². The van der Waals surface area contributed by atoms with E-state index in [4.69, 9.17) is 5.73 Å². The third-order valence-corrected chi connectivity index (χ3v) is 1.90. The molecule has 0 saturated carbocycles. The Morgan fingerprint density at radius 2 is 2.50 bits per heavy atom. The van der Waals surface area contributed by atoms with Crippen LogP contribution in [0.3, 0.4) is 0 Å². The summed E-state index contributed by atoms with van der Waals surface area (Å²) >= 11 is 0. The van der Waals surface area contributed by atoms with Crippen molar-refractivity contribution in [3.8, 4) is 0 Å². The van der Waals surface area contributed by atoms with Crippen LogP contribution in [0.15, 0.2) is 0 Å². The number of hydrogen-bond acceptors (Lipinski definition) is 2. The Hall–Kier alpha value is -0.570. The number of piperidine rings is 1. The van der Waals surface area contributed by atoms with E-state index in [1.807, 2.05) is 6.92 Å². The number of rotatable bonds is 1. The van der Waals surface area contributed by atoms with Gasteiger partial charge in [0.05, 0.1) is 0 Å². The van der Waals surface area contributed by atoms with Crippen molar-refractivity contribution >= 4 is 5.91 Å². The van der Waals surface area contributed by atoms with Gasteiger partial charge in [0.1, 0.15) is 0 Å². The zero-order chi connectivity index (χ0) is 7.56. The molecule has 2 atom stereocenters. The first-order chi connectivity index (χ1) is 4.72. The van der Waals surface area contributed by atoms with Crippen LogP contribution in [0.2, 0.25) is 0 Å². The van der Waals surface area contributed by atoms with E-state index in [9.17, 15) is 4.79 Å². The molecule has 10 heavy (non-hydrogen) atoms. The van der Waals surface area contributed by atoms with Crippen molar-refractivity contribution < 1.29 is 4.79 Å². The Bertz CT molecular complexity index is 136. The minimum Gasteiger partial charge on any atom is -0.354 e. The van der Waals surface area contributed by atoms with Crippen molar-refractivity contribution in [1.82, 2.24) is 5.32 Å². The van der Waals surface area contributed by atoms with Crippen LogP contribution in [0.1, 0.15) is 19.8 Å². The van der Waals surface area contributed by atoms with Crippen LogP contribution < -0.4 is 11.1 Å². The molecule has 0 unspecified atom stereocenters. The van der Waals surface area contributed by atoms with Gasteiger partial charge in [0, 0.05) is 12.5 Å². The van der Waals surface area contributed by atoms with Crippen molar-refractivity contribution in [2.24, 2.45) is 11.7 Å². The maximum absolute atomic E-state index is 10.9. The van der Waals surface area contributed by atoms with Gasteiger partial charge in [-0.15, -0.1) is 0 Å². The summed E-state index contributed by atoms with van der Waals surface area (Å²) in [5.41, 5.74) is 5.45. The number of amides is 1. The minimum absolute atomic E-state index is 0.147. The normalized spacial score (nSPS) is 33.6. The molecule has 0 radical (unpaired) electrons. The number of carbonyl (C=O) groups is 1. The summed E-state index contributed by atoms with van der Waals surface area (Å²) in [6.45, 7) is 2.65. The van der Waals surface area contributed by atoms with Gasteiger partial charge in [0.15, 0.2) is 0 Å². The zero-order valence-electron chi connectivity index (χ0n) is 6.26. The first-order valence-electron chi connectivity index (χ1n) is 3.71. The molecule has 0 aromatic carbocycles. The molecule has 1 rings (SSSR count). The maximum Gasteiger partial charge on any atom is 0.220 e. The summed E-state index contributed by atoms with van der Waals surface area (Å²) in [4.78, 5) is 10.9. The zero-order valence-corrected chi connectivity index (χ0v) is 6.26. The molecule has 1 heterocycles. The maximum atomic E-state index is 10.9. The van der Waals surface area contributed by atoms with E-state index < -0.39 is 0 Å². The Labute approximate surface area is 61.0 Å². The second-order valence-electron chi connectivity index (χ2n) is 3.01. The summed E-state index contributed by atoms with van der Waals surface area (Å²) in [5, 5.41) is 2.85. The minimum atomic E-state index is 0.147. The van der Waals surface area contributed by atoms with Gasteiger partial charge in [-0.2, -0.15) is 0 Å². The van der Waals surface area contributed by atoms with Crippen LogP contribution in [0.25, 0.3) is 0 Å². The van der Waals surface area contributed by atoms with Crippen LogP contribution in [-0.4, -0.2) is 18.5 Å². The van der Waals surface area contributed by atoms with Crippen molar-refractivity contribution in [3.63, 3.8) is 0 Å². The van der Waals surface area contributed by atoms with Gasteiger partial charge in [-0.3, -0.25) is 4.79 Å². The van der Waals surface area contributed by atoms with Gasteiger partial charge in [-0.1, -0.05) is 0 Å². The van der Waals surface area contributed by atoms with Crippen molar-refractivity contribution in [2.45, 2.75) is 25.8 Å². The van der Waals surface area contributed by atoms with Crippen LogP contribution in [0.5, 0.6) is 0 Å². The van der Waals surface area contributed by atoms with E-state index in [1.54, 1.807) is 0 Å². The van der Waals surface area contributed by atoms with Crippen molar-refractivity contribution in [2.75, 3.05) is 6.54 Å². The van der Waals surface area contributed by atoms with Crippen LogP contribution >= 0.6 is 0 Å². The van der Waals surface area contributed by atoms with Gasteiger partial charge in [-0.05, 0) is 25.8 Å². The summed E-state index contributed by atoms with van der Waals surface area (Å²) in [6, 6.07) is 0.315. The quantitative estimate of drug-likeness (QED) is 0.535. The lowest BCUT2D eigenvalue weighted by Gasteiger charge is -2.26. The molecule has 3 nitrogen and oxygen atoms in total. The predicted octanol–water partition coefficient (Wildman–Crippen LogP) is -0.140. The van der Waals surface area contributed by atoms with E-state index in [2.05, 4.69) is 5.32 Å². The van der Waals surface area contributed by atoms with E-state index in [1.165, 1.54) is 0 Å². The van der Waals surface area contributed by atoms with E-state index >= 15 is 0 Å². The number of nitrogens with two attached hydrogens (primary N) is 1. The topological polar surface area (TPSA) is 55.1 Å². The fourth-order valence-corrected chi connectivity index (χ4v) is 1.42. The first kappa shape index (κ1) is 7.54. The highest BCUT2D eigenvalue weighted by Crippen LogP contribution is 2.14. The highest BCUT2D eigenvalue weighted by Gasteiger charge is 2.21. The third kappa shape index (κ3) is 1.70. The lowest BCUT2D eigenvalue weighted by atomic mass is 9.93. The molecule has 1 amide bonds. The van der Waals surface area contributed by atoms with Crippen molar-refractivity contribution in [1.29, 1.82) is 0 Å². The number of carbonyl (C=O) groups excluding carboxylic acids is 1. The van der Waals surface area contributed by atoms with Crippen LogP contribution in [-0.2, 0) is 4.79 Å². The number of nitrogens with one attached hydrogen (secondary N) is 1. The van der Waals surface area contributed by atoms with E-state index in [-0.39, 0.29) is 5.91 Å². The Kier molecular flexibility index (Phi) is 2.27. The van der Waals surface area contributed by atoms with Gasteiger partial charge in [0.25, 0.3) is 0 Å². The average Bonchev–Trinajstić information content (AvgIpc) is 1.85. The molecule has 1 aliphatic heterocycles. The molecule has 0 spiro atoms. The van der Waals surface area contributed by atoms with Gasteiger partial charge >= 0.3 is 0 Å². The first-order valence-corrected chi connectivity index (χ1v) is 3.71. The highest BCUT2D eigenvalue weighted by atomic mass is 16.1. The molecular weight excluding hydrogens is 128 g/mol. The molecule has 0 bridgehead atoms. The van der Waals surface area contributed by atoms with E-state index in [0.29, 0.717) is 24.9 Å². The summed E-state index contributed by atoms with van der Waals surface area (Å²) in [7, 11) is 0. The summed E-state index contributed by atoms with van der Waals surface area (Å²) < 4.78 is 0. The molecule has 1 fully saturated rings. The van der Waals surface area contributed by atoms with Crippen LogP contribution in [0, 0.1) is 5.92 Å². The van der Waals surface area contributed by atoms with Crippen molar-refractivity contribution in [3.05, 3.63) is 0 Å². The average molecular weight is 142 g/mol. The summed E-state index contributed by atoms with van der Waals surface area (Å²) in [5.74, 6) is 0.554. The molecule has 3 heteroatoms. The van der Waals surface area contributed by atoms with Gasteiger partial charge in [-0.25, -0.2) is 0 Å². The Morgan fingerprint density at radius 1 is 1.80 bits per heavy atom. The number of hydrogen-bond donors (Lipinski definition) is 2. The molecule has 0 aliphatic carbocycles. The Balaban J connectivity index is 2.42. The Morgan fingerprint density at radius 3 is 3.00 bits per heavy atom. The SMILES string of the molecule is C[C@@H]1C[C@H](CN)CC(=O)N1. The second kappa shape index (κ2) is 3.01. The molecule has 0 aromatic rings. The predicted molar refractivity (Wildman–Crippen MR) is 39.4 cm³/mol. The smallest absolute Gasteiger partial charge is 0.220 e. The molecule has 58 valence electrons. The largest absolute Gasteiger partial charge is 0.354 e. The highest BCUT2D eigenvalue weighted by molar-refractivity contribution is 5.77. The fraction of sp³-hybridized carbons (Fsp3) is 0.857. The molecule has 1 aliphatic rings. The molecular formula is C7H14N2O. The molecule has 3 N–H and O–H groups in total. The second-order valence-corrected chi connectivity index (χ2v) is 3.01. The third-order valence-electron chi connectivity index (χ3n) is 1.90. The van der Waals surface area contributed by atoms with Gasteiger partial charge < -0.3 is 11.1 Å². The fourth-order valence-electron chi connectivity index (χ4n) is 1.42.